The fourth-order valence-corrected chi connectivity index (χ4v) is 2.51. The van der Waals surface area contributed by atoms with E-state index in [1.54, 1.807) is 18.6 Å². The Bertz CT molecular complexity index is 628. The van der Waals surface area contributed by atoms with Crippen LogP contribution < -0.4 is 4.90 Å². The summed E-state index contributed by atoms with van der Waals surface area (Å²) < 4.78 is 0. The molecule has 2 aromatic heterocycles. The van der Waals surface area contributed by atoms with E-state index in [4.69, 9.17) is 5.26 Å². The van der Waals surface area contributed by atoms with Gasteiger partial charge in [0.25, 0.3) is 0 Å². The Hall–Kier alpha value is -2.52. The molecule has 3 heterocycles. The molecule has 1 fully saturated rings. The van der Waals surface area contributed by atoms with Crippen molar-refractivity contribution in [2.45, 2.75) is 6.54 Å². The zero-order valence-corrected chi connectivity index (χ0v) is 11.7. The first-order valence-corrected chi connectivity index (χ1v) is 6.94. The van der Waals surface area contributed by atoms with Crippen molar-refractivity contribution in [2.75, 3.05) is 31.1 Å². The number of nitrogens with zero attached hydrogens (tertiary/aromatic N) is 6. The lowest BCUT2D eigenvalue weighted by Gasteiger charge is -2.35. The van der Waals surface area contributed by atoms with Crippen LogP contribution in [0.2, 0.25) is 0 Å². The van der Waals surface area contributed by atoms with Crippen LogP contribution in [0.25, 0.3) is 0 Å². The van der Waals surface area contributed by atoms with E-state index in [1.165, 1.54) is 5.56 Å². The predicted octanol–water partition coefficient (Wildman–Crippen LogP) is 1.07. The summed E-state index contributed by atoms with van der Waals surface area (Å²) in [6.45, 7) is 4.50. The van der Waals surface area contributed by atoms with Crippen LogP contribution in [0.5, 0.6) is 0 Å². The maximum absolute atomic E-state index is 9.10. The number of hydrogen-bond acceptors (Lipinski definition) is 6. The molecule has 0 aromatic carbocycles. The molecule has 0 saturated carbocycles. The van der Waals surface area contributed by atoms with Gasteiger partial charge in [0.2, 0.25) is 0 Å². The van der Waals surface area contributed by atoms with E-state index in [0.29, 0.717) is 11.5 Å². The highest BCUT2D eigenvalue weighted by atomic mass is 15.3. The standard InChI is InChI=1S/C15H16N6/c16-10-14-15(19-5-4-18-14)21-8-6-20(7-9-21)12-13-2-1-3-17-11-13/h1-5,11H,6-9,12H2. The third-order valence-corrected chi connectivity index (χ3v) is 3.59. The zero-order chi connectivity index (χ0) is 14.5. The van der Waals surface area contributed by atoms with E-state index in [-0.39, 0.29) is 0 Å². The molecule has 0 unspecified atom stereocenters. The summed E-state index contributed by atoms with van der Waals surface area (Å²) in [5.74, 6) is 0.695. The van der Waals surface area contributed by atoms with Crippen molar-refractivity contribution in [1.82, 2.24) is 19.9 Å². The second kappa shape index (κ2) is 6.29. The maximum atomic E-state index is 9.10. The zero-order valence-electron chi connectivity index (χ0n) is 11.7. The Morgan fingerprint density at radius 3 is 2.62 bits per heavy atom. The fourth-order valence-electron chi connectivity index (χ4n) is 2.51. The summed E-state index contributed by atoms with van der Waals surface area (Å²) in [6.07, 6.45) is 6.89. The van der Waals surface area contributed by atoms with Crippen LogP contribution in [0.3, 0.4) is 0 Å². The van der Waals surface area contributed by atoms with Crippen molar-refractivity contribution >= 4 is 5.82 Å². The number of nitriles is 1. The first-order chi connectivity index (χ1) is 10.4. The molecule has 2 aromatic rings. The van der Waals surface area contributed by atoms with E-state index in [0.717, 1.165) is 32.7 Å². The largest absolute Gasteiger partial charge is 0.352 e. The molecule has 0 radical (unpaired) electrons. The third-order valence-electron chi connectivity index (χ3n) is 3.59. The Kier molecular flexibility index (Phi) is 4.03. The topological polar surface area (TPSA) is 68.9 Å². The van der Waals surface area contributed by atoms with E-state index in [1.807, 2.05) is 12.3 Å². The summed E-state index contributed by atoms with van der Waals surface area (Å²) in [6, 6.07) is 6.16. The van der Waals surface area contributed by atoms with Crippen LogP contribution in [0, 0.1) is 11.3 Å². The lowest BCUT2D eigenvalue weighted by atomic mass is 10.2. The first-order valence-electron chi connectivity index (χ1n) is 6.94. The van der Waals surface area contributed by atoms with Crippen molar-refractivity contribution in [3.05, 3.63) is 48.2 Å². The van der Waals surface area contributed by atoms with E-state index >= 15 is 0 Å². The molecule has 0 aliphatic carbocycles. The number of rotatable bonds is 3. The normalized spacial score (nSPS) is 15.7. The molecule has 1 aliphatic rings. The minimum absolute atomic E-state index is 0.401. The second-order valence-corrected chi connectivity index (χ2v) is 4.96. The predicted molar refractivity (Wildman–Crippen MR) is 78.5 cm³/mol. The van der Waals surface area contributed by atoms with Crippen molar-refractivity contribution in [2.24, 2.45) is 0 Å². The number of aromatic nitrogens is 3. The molecule has 1 saturated heterocycles. The number of pyridine rings is 1. The Morgan fingerprint density at radius 2 is 1.90 bits per heavy atom. The lowest BCUT2D eigenvalue weighted by Crippen LogP contribution is -2.46. The molecule has 6 nitrogen and oxygen atoms in total. The molecule has 0 spiro atoms. The average Bonchev–Trinajstić information content (AvgIpc) is 2.56. The van der Waals surface area contributed by atoms with Crippen molar-refractivity contribution < 1.29 is 0 Å². The van der Waals surface area contributed by atoms with Gasteiger partial charge in [-0.15, -0.1) is 0 Å². The highest BCUT2D eigenvalue weighted by Gasteiger charge is 2.20. The third kappa shape index (κ3) is 3.15. The first kappa shape index (κ1) is 13.5. The van der Waals surface area contributed by atoms with Gasteiger partial charge in [-0.05, 0) is 11.6 Å². The molecule has 0 N–H and O–H groups in total. The molecule has 0 atom stereocenters. The van der Waals surface area contributed by atoms with Crippen LogP contribution >= 0.6 is 0 Å². The van der Waals surface area contributed by atoms with Gasteiger partial charge in [-0.1, -0.05) is 6.07 Å². The number of hydrogen-bond donors (Lipinski definition) is 0. The molecular weight excluding hydrogens is 264 g/mol. The van der Waals surface area contributed by atoms with Gasteiger partial charge in [-0.3, -0.25) is 9.88 Å². The quantitative estimate of drug-likeness (QED) is 0.837. The maximum Gasteiger partial charge on any atom is 0.183 e. The van der Waals surface area contributed by atoms with Gasteiger partial charge in [0.1, 0.15) is 6.07 Å². The minimum Gasteiger partial charge on any atom is -0.352 e. The number of piperazine rings is 1. The van der Waals surface area contributed by atoms with E-state index < -0.39 is 0 Å². The smallest absolute Gasteiger partial charge is 0.183 e. The summed E-state index contributed by atoms with van der Waals surface area (Å²) in [4.78, 5) is 17.0. The molecular formula is C15H16N6. The summed E-state index contributed by atoms with van der Waals surface area (Å²) in [7, 11) is 0. The number of anilines is 1. The minimum atomic E-state index is 0.401. The molecule has 0 amide bonds. The molecule has 6 heteroatoms. The molecule has 3 rings (SSSR count). The Labute approximate surface area is 123 Å². The van der Waals surface area contributed by atoms with Gasteiger partial charge in [-0.2, -0.15) is 5.26 Å². The van der Waals surface area contributed by atoms with Crippen LogP contribution in [0.4, 0.5) is 5.82 Å². The van der Waals surface area contributed by atoms with Crippen LogP contribution in [-0.2, 0) is 6.54 Å². The van der Waals surface area contributed by atoms with Crippen molar-refractivity contribution in [1.29, 1.82) is 5.26 Å². The van der Waals surface area contributed by atoms with Gasteiger partial charge in [0.05, 0.1) is 0 Å². The average molecular weight is 280 g/mol. The van der Waals surface area contributed by atoms with Gasteiger partial charge in [-0.25, -0.2) is 9.97 Å². The summed E-state index contributed by atoms with van der Waals surface area (Å²) >= 11 is 0. The van der Waals surface area contributed by atoms with E-state index in [9.17, 15) is 0 Å². The summed E-state index contributed by atoms with van der Waals surface area (Å²) in [5, 5.41) is 9.10. The monoisotopic (exact) mass is 280 g/mol. The Balaban J connectivity index is 1.62. The second-order valence-electron chi connectivity index (χ2n) is 4.96. The highest BCUT2D eigenvalue weighted by molar-refractivity contribution is 5.49. The fraction of sp³-hybridized carbons (Fsp3) is 0.333. The molecule has 106 valence electrons. The van der Waals surface area contributed by atoms with Gasteiger partial charge in [0, 0.05) is 57.5 Å². The van der Waals surface area contributed by atoms with Crippen LogP contribution in [-0.4, -0.2) is 46.0 Å². The van der Waals surface area contributed by atoms with Gasteiger partial charge in [0.15, 0.2) is 11.5 Å². The molecule has 21 heavy (non-hydrogen) atoms. The van der Waals surface area contributed by atoms with E-state index in [2.05, 4.69) is 36.9 Å². The van der Waals surface area contributed by atoms with Crippen LogP contribution in [0.15, 0.2) is 36.9 Å². The van der Waals surface area contributed by atoms with Gasteiger partial charge < -0.3 is 4.90 Å². The molecule has 0 bridgehead atoms. The van der Waals surface area contributed by atoms with Crippen molar-refractivity contribution in [3.8, 4) is 6.07 Å². The van der Waals surface area contributed by atoms with Gasteiger partial charge >= 0.3 is 0 Å². The van der Waals surface area contributed by atoms with Crippen LogP contribution in [0.1, 0.15) is 11.3 Å². The lowest BCUT2D eigenvalue weighted by molar-refractivity contribution is 0.249. The Morgan fingerprint density at radius 1 is 1.10 bits per heavy atom. The highest BCUT2D eigenvalue weighted by Crippen LogP contribution is 2.17. The summed E-state index contributed by atoms with van der Waals surface area (Å²) in [5.41, 5.74) is 1.63. The molecule has 1 aliphatic heterocycles. The van der Waals surface area contributed by atoms with Crippen molar-refractivity contribution in [3.63, 3.8) is 0 Å². The SMILES string of the molecule is N#Cc1nccnc1N1CCN(Cc2cccnc2)CC1.